The number of carbonyl (C=O) groups excluding carboxylic acids is 2. The molecule has 0 aromatic heterocycles. The van der Waals surface area contributed by atoms with Gasteiger partial charge in [-0.1, -0.05) is 102 Å². The summed E-state index contributed by atoms with van der Waals surface area (Å²) in [7, 11) is -2.81. The molecule has 2 aromatic rings. The second-order valence-corrected chi connectivity index (χ2v) is 16.1. The molecule has 0 saturated carbocycles. The average Bonchev–Trinajstić information content (AvgIpc) is 2.77. The monoisotopic (exact) mass is 509 g/mol. The fourth-order valence-corrected chi connectivity index (χ4v) is 8.97. The third kappa shape index (κ3) is 7.65. The summed E-state index contributed by atoms with van der Waals surface area (Å²) in [6, 6.07) is 19.8. The molecule has 2 rings (SSSR count). The van der Waals surface area contributed by atoms with Crippen LogP contribution in [-0.2, 0) is 14.0 Å². The van der Waals surface area contributed by atoms with Crippen LogP contribution in [0, 0.1) is 5.92 Å². The first-order chi connectivity index (χ1) is 16.7. The lowest BCUT2D eigenvalue weighted by molar-refractivity contribution is -0.118. The maximum absolute atomic E-state index is 13.5. The summed E-state index contributed by atoms with van der Waals surface area (Å²) in [5.74, 6) is -0.0354. The molecule has 1 amide bonds. The van der Waals surface area contributed by atoms with E-state index in [-0.39, 0.29) is 23.3 Å². The largest absolute Gasteiger partial charge is 0.444 e. The van der Waals surface area contributed by atoms with Crippen molar-refractivity contribution in [1.82, 2.24) is 5.32 Å². The van der Waals surface area contributed by atoms with E-state index in [0.717, 1.165) is 10.4 Å². The highest BCUT2D eigenvalue weighted by Gasteiger charge is 2.50. The number of rotatable bonds is 10. The third-order valence-electron chi connectivity index (χ3n) is 5.94. The molecule has 0 fully saturated rings. The van der Waals surface area contributed by atoms with Crippen molar-refractivity contribution in [3.63, 3.8) is 0 Å². The van der Waals surface area contributed by atoms with Crippen LogP contribution in [0.25, 0.3) is 0 Å². The lowest BCUT2D eigenvalue weighted by atomic mass is 9.97. The van der Waals surface area contributed by atoms with Gasteiger partial charge in [-0.25, -0.2) is 4.79 Å². The lowest BCUT2D eigenvalue weighted by Gasteiger charge is -2.43. The summed E-state index contributed by atoms with van der Waals surface area (Å²) in [6.45, 7) is 20.2. The lowest BCUT2D eigenvalue weighted by Crippen LogP contribution is -2.66. The van der Waals surface area contributed by atoms with Gasteiger partial charge < -0.3 is 14.5 Å². The van der Waals surface area contributed by atoms with Gasteiger partial charge in [0.1, 0.15) is 5.60 Å². The number of hydrogen-bond acceptors (Lipinski definition) is 4. The molecule has 2 aromatic carbocycles. The molecule has 0 aliphatic carbocycles. The van der Waals surface area contributed by atoms with Crippen LogP contribution < -0.4 is 15.7 Å². The Morgan fingerprint density at radius 2 is 1.36 bits per heavy atom. The highest BCUT2D eigenvalue weighted by atomic mass is 28.4. The van der Waals surface area contributed by atoms with E-state index in [0.29, 0.717) is 12.0 Å². The molecular weight excluding hydrogens is 466 g/mol. The minimum atomic E-state index is -2.81. The first kappa shape index (κ1) is 29.5. The zero-order valence-corrected chi connectivity index (χ0v) is 24.2. The van der Waals surface area contributed by atoms with Crippen LogP contribution in [0.15, 0.2) is 72.8 Å². The summed E-state index contributed by atoms with van der Waals surface area (Å²) in [4.78, 5) is 25.9. The van der Waals surface area contributed by atoms with Crippen molar-refractivity contribution in [3.8, 4) is 0 Å². The van der Waals surface area contributed by atoms with Crippen LogP contribution in [0.1, 0.15) is 61.8 Å². The Morgan fingerprint density at radius 3 is 1.75 bits per heavy atom. The van der Waals surface area contributed by atoms with Crippen LogP contribution >= 0.6 is 0 Å². The quantitative estimate of drug-likeness (QED) is 0.333. The summed E-state index contributed by atoms with van der Waals surface area (Å²) >= 11 is 0. The molecule has 36 heavy (non-hydrogen) atoms. The summed E-state index contributed by atoms with van der Waals surface area (Å²) in [6.07, 6.45) is -0.127. The second kappa shape index (κ2) is 12.0. The highest BCUT2D eigenvalue weighted by Crippen LogP contribution is 2.37. The van der Waals surface area contributed by atoms with E-state index in [4.69, 9.17) is 9.16 Å². The van der Waals surface area contributed by atoms with Crippen LogP contribution in [0.3, 0.4) is 0 Å². The molecule has 0 heterocycles. The minimum absolute atomic E-state index is 0.0801. The Balaban J connectivity index is 2.36. The zero-order chi connectivity index (χ0) is 27.1. The van der Waals surface area contributed by atoms with Gasteiger partial charge in [-0.15, -0.1) is 0 Å². The number of amides is 1. The van der Waals surface area contributed by atoms with E-state index >= 15 is 0 Å². The molecule has 0 aliphatic heterocycles. The van der Waals surface area contributed by atoms with Crippen molar-refractivity contribution < 1.29 is 18.8 Å². The molecule has 5 nitrogen and oxygen atoms in total. The molecule has 0 unspecified atom stereocenters. The SMILES string of the molecule is C=C(CO[Si](c1ccccc1)(c1ccccc1)C(C)(C)C)C(=O)[C@H](CC(C)C)NC(=O)OC(C)(C)C. The van der Waals surface area contributed by atoms with Crippen molar-refractivity contribution in [2.24, 2.45) is 5.92 Å². The summed E-state index contributed by atoms with van der Waals surface area (Å²) < 4.78 is 12.3. The molecule has 6 heteroatoms. The first-order valence-electron chi connectivity index (χ1n) is 12.6. The number of nitrogens with one attached hydrogen (secondary N) is 1. The van der Waals surface area contributed by atoms with Gasteiger partial charge in [-0.3, -0.25) is 4.79 Å². The van der Waals surface area contributed by atoms with Crippen LogP contribution in [0.4, 0.5) is 4.79 Å². The van der Waals surface area contributed by atoms with Gasteiger partial charge in [-0.2, -0.15) is 0 Å². The van der Waals surface area contributed by atoms with Crippen LogP contribution in [0.5, 0.6) is 0 Å². The number of ketones is 1. The van der Waals surface area contributed by atoms with Gasteiger partial charge in [0.2, 0.25) is 0 Å². The number of carbonyl (C=O) groups is 2. The normalized spacial score (nSPS) is 13.2. The van der Waals surface area contributed by atoms with Crippen molar-refractivity contribution in [3.05, 3.63) is 72.8 Å². The number of alkyl carbamates (subject to hydrolysis) is 1. The summed E-state index contributed by atoms with van der Waals surface area (Å²) in [5.41, 5.74) is -0.316. The maximum Gasteiger partial charge on any atom is 0.408 e. The van der Waals surface area contributed by atoms with Gasteiger partial charge in [0.05, 0.1) is 12.6 Å². The van der Waals surface area contributed by atoms with Crippen molar-refractivity contribution in [2.45, 2.75) is 78.5 Å². The number of ether oxygens (including phenoxy) is 1. The predicted octanol–water partition coefficient (Wildman–Crippen LogP) is 5.63. The fraction of sp³-hybridized carbons (Fsp3) is 0.467. The topological polar surface area (TPSA) is 64.6 Å². The van der Waals surface area contributed by atoms with Gasteiger partial charge >= 0.3 is 6.09 Å². The van der Waals surface area contributed by atoms with E-state index in [1.165, 1.54) is 0 Å². The van der Waals surface area contributed by atoms with Crippen molar-refractivity contribution in [2.75, 3.05) is 6.61 Å². The fourth-order valence-electron chi connectivity index (χ4n) is 4.43. The molecule has 1 atom stereocenters. The van der Waals surface area contributed by atoms with Gasteiger partial charge in [0.25, 0.3) is 8.32 Å². The molecule has 0 saturated heterocycles. The Labute approximate surface area is 218 Å². The first-order valence-corrected chi connectivity index (χ1v) is 14.5. The molecule has 0 radical (unpaired) electrons. The van der Waals surface area contributed by atoms with Crippen molar-refractivity contribution >= 4 is 30.6 Å². The Morgan fingerprint density at radius 1 is 0.889 bits per heavy atom. The molecule has 0 spiro atoms. The average molecular weight is 510 g/mol. The van der Waals surface area contributed by atoms with Gasteiger partial charge in [-0.05, 0) is 48.5 Å². The zero-order valence-electron chi connectivity index (χ0n) is 23.2. The van der Waals surface area contributed by atoms with Crippen LogP contribution in [-0.4, -0.2) is 38.4 Å². The minimum Gasteiger partial charge on any atom is -0.444 e. The predicted molar refractivity (Wildman–Crippen MR) is 150 cm³/mol. The van der Waals surface area contributed by atoms with E-state index < -0.39 is 26.1 Å². The van der Waals surface area contributed by atoms with E-state index in [2.05, 4.69) is 56.9 Å². The van der Waals surface area contributed by atoms with Crippen molar-refractivity contribution in [1.29, 1.82) is 0 Å². The molecule has 0 aliphatic rings. The Hall–Kier alpha value is -2.70. The molecule has 1 N–H and O–H groups in total. The van der Waals surface area contributed by atoms with E-state index in [9.17, 15) is 9.59 Å². The number of Topliss-reactive ketones (excluding diaryl/α,β-unsaturated/α-hetero) is 1. The molecule has 196 valence electrons. The standard InChI is InChI=1S/C30H43NO4Si/c1-22(2)20-26(31-28(33)35-29(4,5)6)27(32)23(3)21-34-36(30(7,8)9,24-16-12-10-13-17-24)25-18-14-11-15-19-25/h10-19,22,26H,3,20-21H2,1-2,4-9H3,(H,31,33)/t26-/m0/s1. The Kier molecular flexibility index (Phi) is 9.86. The summed E-state index contributed by atoms with van der Waals surface area (Å²) in [5, 5.41) is 4.81. The molecular formula is C30H43NO4Si. The maximum atomic E-state index is 13.5. The van der Waals surface area contributed by atoms with Crippen LogP contribution in [0.2, 0.25) is 5.04 Å². The van der Waals surface area contributed by atoms with Gasteiger partial charge in [0, 0.05) is 5.57 Å². The van der Waals surface area contributed by atoms with Gasteiger partial charge in [0.15, 0.2) is 5.78 Å². The Bertz CT molecular complexity index is 981. The third-order valence-corrected chi connectivity index (χ3v) is 10.9. The number of benzene rings is 2. The highest BCUT2D eigenvalue weighted by molar-refractivity contribution is 6.99. The van der Waals surface area contributed by atoms with E-state index in [1.54, 1.807) is 20.8 Å². The van der Waals surface area contributed by atoms with E-state index in [1.807, 2.05) is 50.2 Å². The smallest absolute Gasteiger partial charge is 0.408 e. The second-order valence-electron chi connectivity index (χ2n) is 11.7. The molecule has 0 bridgehead atoms. The number of hydrogen-bond donors (Lipinski definition) is 1.